The van der Waals surface area contributed by atoms with Crippen molar-refractivity contribution >= 4 is 11.9 Å². The van der Waals surface area contributed by atoms with Crippen molar-refractivity contribution in [2.45, 2.75) is 57.9 Å². The van der Waals surface area contributed by atoms with Gasteiger partial charge in [0.05, 0.1) is 13.5 Å². The number of carboxylic acid groups (broad SMARTS) is 1. The predicted octanol–water partition coefficient (Wildman–Crippen LogP) is 3.34. The molecule has 5 heteroatoms. The first-order valence-corrected chi connectivity index (χ1v) is 8.02. The molecular formula is C18H27NO4. The van der Waals surface area contributed by atoms with E-state index in [1.54, 1.807) is 7.11 Å². The number of nitrogens with one attached hydrogen (secondary N) is 1. The summed E-state index contributed by atoms with van der Waals surface area (Å²) in [5.74, 6) is -0.224. The van der Waals surface area contributed by atoms with Crippen LogP contribution in [0.4, 0.5) is 0 Å². The molecule has 1 rings (SSSR count). The summed E-state index contributed by atoms with van der Waals surface area (Å²) in [5.41, 5.74) is 0.355. The van der Waals surface area contributed by atoms with Crippen LogP contribution in [0.15, 0.2) is 24.3 Å². The number of benzene rings is 1. The number of rotatable bonds is 9. The average molecular weight is 321 g/mol. The van der Waals surface area contributed by atoms with Crippen molar-refractivity contribution in [1.29, 1.82) is 0 Å². The minimum atomic E-state index is -0.894. The largest absolute Gasteiger partial charge is 0.497 e. The molecule has 0 heterocycles. The van der Waals surface area contributed by atoms with E-state index in [9.17, 15) is 9.59 Å². The molecule has 0 aliphatic rings. The number of amides is 1. The van der Waals surface area contributed by atoms with Gasteiger partial charge in [-0.05, 0) is 36.5 Å². The molecule has 1 amide bonds. The van der Waals surface area contributed by atoms with Crippen molar-refractivity contribution in [2.75, 3.05) is 7.11 Å². The quantitative estimate of drug-likeness (QED) is 0.731. The van der Waals surface area contributed by atoms with Crippen LogP contribution in [0.2, 0.25) is 0 Å². The number of carbonyl (C=O) groups excluding carboxylic acids is 1. The van der Waals surface area contributed by atoms with E-state index >= 15 is 0 Å². The van der Waals surface area contributed by atoms with E-state index in [-0.39, 0.29) is 18.2 Å². The molecule has 23 heavy (non-hydrogen) atoms. The second-order valence-electron chi connectivity index (χ2n) is 5.99. The predicted molar refractivity (Wildman–Crippen MR) is 89.7 cm³/mol. The number of carbonyl (C=O) groups is 2. The summed E-state index contributed by atoms with van der Waals surface area (Å²) in [4.78, 5) is 23.4. The second kappa shape index (κ2) is 8.56. The van der Waals surface area contributed by atoms with Crippen molar-refractivity contribution in [1.82, 2.24) is 5.32 Å². The Morgan fingerprint density at radius 2 is 1.96 bits per heavy atom. The van der Waals surface area contributed by atoms with Gasteiger partial charge >= 0.3 is 5.97 Å². The van der Waals surface area contributed by atoms with Crippen LogP contribution in [-0.4, -0.2) is 29.6 Å². The van der Waals surface area contributed by atoms with Crippen molar-refractivity contribution in [2.24, 2.45) is 0 Å². The normalized spacial score (nSPS) is 12.5. The number of ether oxygens (including phenoxy) is 1. The highest BCUT2D eigenvalue weighted by Crippen LogP contribution is 2.25. The lowest BCUT2D eigenvalue weighted by Gasteiger charge is -2.32. The Kier molecular flexibility index (Phi) is 7.07. The molecule has 0 spiro atoms. The van der Waals surface area contributed by atoms with Crippen molar-refractivity contribution in [3.8, 4) is 5.75 Å². The summed E-state index contributed by atoms with van der Waals surface area (Å²) < 4.78 is 5.20. The zero-order chi connectivity index (χ0) is 17.5. The molecule has 0 saturated heterocycles. The lowest BCUT2D eigenvalue weighted by molar-refractivity contribution is -0.139. The van der Waals surface area contributed by atoms with Crippen LogP contribution in [0.3, 0.4) is 0 Å². The van der Waals surface area contributed by atoms with E-state index in [4.69, 9.17) is 9.84 Å². The van der Waals surface area contributed by atoms with Gasteiger partial charge in [-0.15, -0.1) is 0 Å². The van der Waals surface area contributed by atoms with E-state index in [0.29, 0.717) is 19.3 Å². The topological polar surface area (TPSA) is 75.6 Å². The van der Waals surface area contributed by atoms with E-state index in [2.05, 4.69) is 5.32 Å². The van der Waals surface area contributed by atoms with Gasteiger partial charge < -0.3 is 15.2 Å². The highest BCUT2D eigenvalue weighted by Gasteiger charge is 2.31. The third-order valence-corrected chi connectivity index (χ3v) is 4.40. The molecule has 5 nitrogen and oxygen atoms in total. The van der Waals surface area contributed by atoms with E-state index < -0.39 is 11.5 Å². The third-order valence-electron chi connectivity index (χ3n) is 4.40. The van der Waals surface area contributed by atoms with Crippen LogP contribution in [0.25, 0.3) is 0 Å². The minimum absolute atomic E-state index is 0.0290. The Morgan fingerprint density at radius 3 is 2.48 bits per heavy atom. The average Bonchev–Trinajstić information content (AvgIpc) is 2.53. The number of aliphatic carboxylic acids is 1. The van der Waals surface area contributed by atoms with Gasteiger partial charge in [0.2, 0.25) is 5.91 Å². The Hall–Kier alpha value is -2.04. The van der Waals surface area contributed by atoms with Crippen LogP contribution in [0.5, 0.6) is 5.75 Å². The van der Waals surface area contributed by atoms with E-state index in [0.717, 1.165) is 11.3 Å². The monoisotopic (exact) mass is 321 g/mol. The lowest BCUT2D eigenvalue weighted by Crippen LogP contribution is -2.49. The molecule has 0 bridgehead atoms. The number of hydrogen-bond acceptors (Lipinski definition) is 3. The molecule has 0 aliphatic heterocycles. The number of carboxylic acids is 1. The van der Waals surface area contributed by atoms with Gasteiger partial charge in [0.25, 0.3) is 0 Å². The van der Waals surface area contributed by atoms with Crippen LogP contribution < -0.4 is 10.1 Å². The van der Waals surface area contributed by atoms with Crippen LogP contribution in [-0.2, 0) is 9.59 Å². The minimum Gasteiger partial charge on any atom is -0.497 e. The molecule has 0 fully saturated rings. The second-order valence-corrected chi connectivity index (χ2v) is 5.99. The maximum Gasteiger partial charge on any atom is 0.305 e. The summed E-state index contributed by atoms with van der Waals surface area (Å²) in [7, 11) is 1.61. The van der Waals surface area contributed by atoms with Gasteiger partial charge in [0.15, 0.2) is 0 Å². The molecule has 1 unspecified atom stereocenters. The van der Waals surface area contributed by atoms with Gasteiger partial charge in [-0.1, -0.05) is 32.9 Å². The molecule has 0 radical (unpaired) electrons. The van der Waals surface area contributed by atoms with Gasteiger partial charge in [0, 0.05) is 12.0 Å². The van der Waals surface area contributed by atoms with Crippen molar-refractivity contribution in [3.05, 3.63) is 29.8 Å². The highest BCUT2D eigenvalue weighted by molar-refractivity contribution is 5.79. The summed E-state index contributed by atoms with van der Waals surface area (Å²) in [5, 5.41) is 12.0. The molecule has 1 aromatic carbocycles. The molecule has 0 saturated carbocycles. The third kappa shape index (κ3) is 5.58. The molecule has 1 atom stereocenters. The van der Waals surface area contributed by atoms with Gasteiger partial charge in [-0.3, -0.25) is 9.59 Å². The number of hydrogen-bond donors (Lipinski definition) is 2. The van der Waals surface area contributed by atoms with Crippen LogP contribution in [0, 0.1) is 0 Å². The lowest BCUT2D eigenvalue weighted by atomic mass is 9.88. The van der Waals surface area contributed by atoms with Gasteiger partial charge in [-0.2, -0.15) is 0 Å². The molecule has 128 valence electrons. The van der Waals surface area contributed by atoms with E-state index in [1.165, 1.54) is 0 Å². The maximum atomic E-state index is 12.4. The Balaban J connectivity index is 2.75. The zero-order valence-corrected chi connectivity index (χ0v) is 14.4. The number of methoxy groups -OCH3 is 1. The van der Waals surface area contributed by atoms with Crippen molar-refractivity contribution < 1.29 is 19.4 Å². The Labute approximate surface area is 138 Å². The summed E-state index contributed by atoms with van der Waals surface area (Å²) >= 11 is 0. The van der Waals surface area contributed by atoms with Gasteiger partial charge in [-0.25, -0.2) is 0 Å². The van der Waals surface area contributed by atoms with Crippen LogP contribution in [0.1, 0.15) is 57.9 Å². The first-order valence-electron chi connectivity index (χ1n) is 8.02. The van der Waals surface area contributed by atoms with Crippen molar-refractivity contribution in [3.63, 3.8) is 0 Å². The molecule has 0 aliphatic carbocycles. The summed E-state index contributed by atoms with van der Waals surface area (Å²) in [6.45, 7) is 5.78. The standard InChI is InChI=1S/C18H27NO4/c1-5-18(6-2,12-17(21)22)19-16(20)10-13(3)14-8-7-9-15(11-14)23-4/h7-9,11,13H,5-6,10,12H2,1-4H3,(H,19,20)(H,21,22). The van der Waals surface area contributed by atoms with Gasteiger partial charge in [0.1, 0.15) is 5.75 Å². The first kappa shape index (κ1) is 19.0. The molecule has 0 aromatic heterocycles. The fraction of sp³-hybridized carbons (Fsp3) is 0.556. The van der Waals surface area contributed by atoms with Crippen LogP contribution >= 0.6 is 0 Å². The van der Waals surface area contributed by atoms with E-state index in [1.807, 2.05) is 45.0 Å². The highest BCUT2D eigenvalue weighted by atomic mass is 16.5. The fourth-order valence-electron chi connectivity index (χ4n) is 2.70. The Bertz CT molecular complexity index is 538. The first-order chi connectivity index (χ1) is 10.9. The summed E-state index contributed by atoms with van der Waals surface area (Å²) in [6.07, 6.45) is 1.44. The smallest absolute Gasteiger partial charge is 0.305 e. The fourth-order valence-corrected chi connectivity index (χ4v) is 2.70. The molecule has 2 N–H and O–H groups in total. The molecule has 1 aromatic rings. The maximum absolute atomic E-state index is 12.4. The Morgan fingerprint density at radius 1 is 1.30 bits per heavy atom. The zero-order valence-electron chi connectivity index (χ0n) is 14.4. The summed E-state index contributed by atoms with van der Waals surface area (Å²) in [6, 6.07) is 7.64. The SMILES string of the molecule is CCC(CC)(CC(=O)O)NC(=O)CC(C)c1cccc(OC)c1. The molecular weight excluding hydrogens is 294 g/mol.